The Morgan fingerprint density at radius 1 is 0.622 bits per heavy atom. The van der Waals surface area contributed by atoms with E-state index in [1.807, 2.05) is 0 Å². The number of nitrogens with two attached hydrogens (primary N) is 1. The number of nitrogen functional groups attached to an aromatic ring is 1. The summed E-state index contributed by atoms with van der Waals surface area (Å²) in [5, 5.41) is 56.7. The van der Waals surface area contributed by atoms with Gasteiger partial charge in [-0.05, 0) is 90.5 Å². The van der Waals surface area contributed by atoms with E-state index in [1.54, 1.807) is 0 Å². The van der Waals surface area contributed by atoms with Crippen molar-refractivity contribution in [2.75, 3.05) is 40.2 Å². The lowest BCUT2D eigenvalue weighted by molar-refractivity contribution is -0.432. The quantitative estimate of drug-likeness (QED) is 0.00583. The summed E-state index contributed by atoms with van der Waals surface area (Å²) in [6.45, 7) is -0.847. The molecule has 10 N–H and O–H groups in total. The molecule has 0 saturated heterocycles. The van der Waals surface area contributed by atoms with Gasteiger partial charge in [-0.25, -0.2) is 31.5 Å². The number of nitrogens with one attached hydrogen (secondary N) is 2. The fraction of sp³-hybridized carbons (Fsp3) is 0.114. The van der Waals surface area contributed by atoms with Crippen LogP contribution in [-0.2, 0) is 73.2 Å². The molecule has 0 amide bonds. The summed E-state index contributed by atoms with van der Waals surface area (Å²) < 4.78 is 164. The van der Waals surface area contributed by atoms with Crippen molar-refractivity contribution in [3.05, 3.63) is 84.1 Å². The van der Waals surface area contributed by atoms with Gasteiger partial charge in [-0.2, -0.15) is 40.2 Å². The average molecular weight is 1190 g/mol. The zero-order valence-electron chi connectivity index (χ0n) is 36.1. The van der Waals surface area contributed by atoms with Gasteiger partial charge in [0.25, 0.3) is 20.2 Å². The Morgan fingerprint density at radius 2 is 1.22 bits per heavy atom. The molecule has 0 aliphatic carbocycles. The van der Waals surface area contributed by atoms with Crippen LogP contribution in [0.3, 0.4) is 0 Å². The molecule has 0 saturated carbocycles. The number of nitrogens with zero attached hydrogens (tertiary/aromatic N) is 7. The van der Waals surface area contributed by atoms with E-state index in [-0.39, 0.29) is 78.3 Å². The Bertz CT molecular complexity index is 3750. The number of phenols is 1. The second-order valence-corrected chi connectivity index (χ2v) is 23.9. The average Bonchev–Trinajstić information content (AvgIpc) is 3.30. The van der Waals surface area contributed by atoms with Crippen LogP contribution in [0, 0.1) is 0 Å². The summed E-state index contributed by atoms with van der Waals surface area (Å²) >= 11 is 6.76. The number of phenolic OH excluding ortho intramolecular Hbond substituents is 1. The molecule has 396 valence electrons. The number of rotatable bonds is 24. The van der Waals surface area contributed by atoms with Gasteiger partial charge in [0.1, 0.15) is 32.5 Å². The molecular formula is C35H31ClN10O21S7. The van der Waals surface area contributed by atoms with Crippen molar-refractivity contribution in [3.8, 4) is 5.75 Å². The summed E-state index contributed by atoms with van der Waals surface area (Å²) in [5.74, 6) is -2.89. The van der Waals surface area contributed by atoms with Crippen molar-refractivity contribution in [1.29, 1.82) is 0 Å². The van der Waals surface area contributed by atoms with Gasteiger partial charge in [0.05, 0.1) is 50.5 Å². The second kappa shape index (κ2) is 23.8. The number of benzene rings is 5. The lowest BCUT2D eigenvalue weighted by Crippen LogP contribution is -2.15. The zero-order valence-corrected chi connectivity index (χ0v) is 42.6. The van der Waals surface area contributed by atoms with Gasteiger partial charge in [-0.15, -0.1) is 29.1 Å². The van der Waals surface area contributed by atoms with Crippen LogP contribution in [0.15, 0.2) is 124 Å². The fourth-order valence-corrected chi connectivity index (χ4v) is 11.5. The second-order valence-electron chi connectivity index (χ2n) is 13.9. The van der Waals surface area contributed by atoms with Crippen molar-refractivity contribution >= 4 is 148 Å². The Labute approximate surface area is 430 Å². The van der Waals surface area contributed by atoms with E-state index in [1.165, 1.54) is 42.5 Å². The van der Waals surface area contributed by atoms with Gasteiger partial charge in [-0.3, -0.25) is 13.7 Å². The molecule has 74 heavy (non-hydrogen) atoms. The molecule has 0 bridgehead atoms. The van der Waals surface area contributed by atoms with Gasteiger partial charge in [0.2, 0.25) is 17.2 Å². The summed E-state index contributed by atoms with van der Waals surface area (Å²) in [6, 6.07) is 14.2. The third kappa shape index (κ3) is 15.1. The molecule has 39 heteroatoms. The molecule has 31 nitrogen and oxygen atoms in total. The lowest BCUT2D eigenvalue weighted by Gasteiger charge is -2.12. The van der Waals surface area contributed by atoms with E-state index in [2.05, 4.69) is 69.0 Å². The Kier molecular flexibility index (Phi) is 18.4. The van der Waals surface area contributed by atoms with Crippen molar-refractivity contribution in [1.82, 2.24) is 15.0 Å². The SMILES string of the molecule is Nc1ccc2c(O)c(/N=N/c3cc(Nc4nc(Cl)nc(Nc5ccc(S(=O)(=O)CCOS(=O)(=O)O)cc5)n4)ccc3S(=O)(=O)O)c(SOOO)cc2c1/N=N/c1ccc(S(=O)(=O)CCSOOO)cc1S(=O)(=O)O. The lowest BCUT2D eigenvalue weighted by atomic mass is 10.1. The van der Waals surface area contributed by atoms with Crippen molar-refractivity contribution in [2.24, 2.45) is 20.5 Å². The number of anilines is 5. The summed E-state index contributed by atoms with van der Waals surface area (Å²) in [5.41, 5.74) is 4.34. The minimum atomic E-state index is -5.17. The molecule has 0 spiro atoms. The summed E-state index contributed by atoms with van der Waals surface area (Å²) in [6.07, 6.45) is 0. The summed E-state index contributed by atoms with van der Waals surface area (Å²) in [7, 11) is -23.4. The van der Waals surface area contributed by atoms with Crippen molar-refractivity contribution < 1.29 is 94.3 Å². The molecule has 0 aliphatic heterocycles. The van der Waals surface area contributed by atoms with Crippen LogP contribution in [0.5, 0.6) is 5.75 Å². The number of aromatic hydroxyl groups is 1. The number of sulfone groups is 2. The molecule has 6 aromatic rings. The van der Waals surface area contributed by atoms with Crippen molar-refractivity contribution in [2.45, 2.75) is 24.5 Å². The molecule has 5 aromatic carbocycles. The molecular weight excluding hydrogens is 1160 g/mol. The maximum Gasteiger partial charge on any atom is 0.397 e. The Balaban J connectivity index is 1.31. The maximum atomic E-state index is 12.8. The molecule has 1 heterocycles. The minimum Gasteiger partial charge on any atom is -0.505 e. The van der Waals surface area contributed by atoms with Crippen LogP contribution >= 0.6 is 35.7 Å². The number of hydrogen-bond donors (Lipinski definition) is 9. The molecule has 1 aromatic heterocycles. The smallest absolute Gasteiger partial charge is 0.397 e. The first-order chi connectivity index (χ1) is 34.7. The fourth-order valence-electron chi connectivity index (χ4n) is 5.97. The highest BCUT2D eigenvalue weighted by atomic mass is 35.5. The van der Waals surface area contributed by atoms with Crippen LogP contribution in [0.2, 0.25) is 5.28 Å². The van der Waals surface area contributed by atoms with E-state index in [0.717, 1.165) is 30.3 Å². The standard InChI is InChI=1S/C35H31ClN10O21S7/c36-33-40-34(38-18-1-4-20(5-2-18)70(50,51)13-11-63-74(60,61)62)42-35(41-33)39-19-3-10-28(72(54,55)56)26(15-19)44-46-31-27(69-67-65-49)17-23-22(32(31)47)7-8-24(37)30(23)45-43-25-9-6-21(16-29(25)73(57,58)59)71(52,53)14-12-68-66-64-48/h1-10,15-17,47-49H,11-14,37H2,(H,54,55,56)(H,57,58,59)(H,60,61,62)(H2,38,39,40,41,42)/b45-43+,46-44+. The molecule has 0 radical (unpaired) electrons. The Morgan fingerprint density at radius 3 is 1.85 bits per heavy atom. The third-order valence-corrected chi connectivity index (χ3v) is 16.4. The van der Waals surface area contributed by atoms with E-state index < -0.39 is 106 Å². The number of aromatic nitrogens is 3. The predicted octanol–water partition coefficient (Wildman–Crippen LogP) is 6.64. The highest BCUT2D eigenvalue weighted by molar-refractivity contribution is 7.97. The first-order valence-electron chi connectivity index (χ1n) is 19.2. The van der Waals surface area contributed by atoms with Crippen LogP contribution in [0.1, 0.15) is 0 Å². The number of azo groups is 2. The zero-order chi connectivity index (χ0) is 54.2. The van der Waals surface area contributed by atoms with Crippen LogP contribution < -0.4 is 16.4 Å². The first kappa shape index (κ1) is 57.4. The topological polar surface area (TPSA) is 476 Å². The van der Waals surface area contributed by atoms with Gasteiger partial charge in [0, 0.05) is 39.9 Å². The Hall–Kier alpha value is -5.89. The van der Waals surface area contributed by atoms with Crippen LogP contribution in [0.4, 0.5) is 51.7 Å². The molecule has 0 unspecified atom stereocenters. The number of fused-ring (bicyclic) bond motifs is 1. The number of hydrogen-bond acceptors (Lipinski definition) is 30. The minimum absolute atomic E-state index is 0.0145. The van der Waals surface area contributed by atoms with Gasteiger partial charge >= 0.3 is 10.4 Å². The van der Waals surface area contributed by atoms with Crippen LogP contribution in [-0.4, -0.2) is 110 Å². The number of halogens is 1. The van der Waals surface area contributed by atoms with E-state index in [0.29, 0.717) is 18.1 Å². The first-order valence-corrected chi connectivity index (χ1v) is 28.8. The third-order valence-electron chi connectivity index (χ3n) is 9.14. The van der Waals surface area contributed by atoms with Gasteiger partial charge in [-0.1, -0.05) is 10.1 Å². The highest BCUT2D eigenvalue weighted by Crippen LogP contribution is 2.48. The van der Waals surface area contributed by atoms with E-state index in [4.69, 9.17) is 32.4 Å². The van der Waals surface area contributed by atoms with Crippen molar-refractivity contribution in [3.63, 3.8) is 0 Å². The molecule has 6 rings (SSSR count). The monoisotopic (exact) mass is 1190 g/mol. The van der Waals surface area contributed by atoms with E-state index in [9.17, 15) is 56.3 Å². The van der Waals surface area contributed by atoms with Gasteiger partial charge in [0.15, 0.2) is 25.4 Å². The van der Waals surface area contributed by atoms with Crippen LogP contribution in [0.25, 0.3) is 10.8 Å². The van der Waals surface area contributed by atoms with E-state index >= 15 is 0 Å². The molecule has 0 fully saturated rings. The van der Waals surface area contributed by atoms with Gasteiger partial charge < -0.3 is 21.5 Å². The predicted molar refractivity (Wildman–Crippen MR) is 258 cm³/mol. The molecule has 0 atom stereocenters. The normalized spacial score (nSPS) is 12.8. The highest BCUT2D eigenvalue weighted by Gasteiger charge is 2.25. The molecule has 0 aliphatic rings. The maximum absolute atomic E-state index is 12.8. The largest absolute Gasteiger partial charge is 0.505 e. The summed E-state index contributed by atoms with van der Waals surface area (Å²) in [4.78, 5) is 9.24.